The highest BCUT2D eigenvalue weighted by Crippen LogP contribution is 2.18. The smallest absolute Gasteiger partial charge is 0.317 e. The van der Waals surface area contributed by atoms with E-state index in [0.29, 0.717) is 6.54 Å². The molecule has 0 unspecified atom stereocenters. The molecule has 1 aromatic carbocycles. The highest BCUT2D eigenvalue weighted by atomic mass is 16.5. The van der Waals surface area contributed by atoms with Crippen LogP contribution >= 0.6 is 0 Å². The third-order valence-corrected chi connectivity index (χ3v) is 5.76. The molecular weight excluding hydrogens is 378 g/mol. The Bertz CT molecular complexity index is 845. The number of benzene rings is 1. The molecule has 0 aliphatic carbocycles. The molecular formula is C23H31N5O2. The first kappa shape index (κ1) is 20.6. The van der Waals surface area contributed by atoms with Crippen molar-refractivity contribution in [1.82, 2.24) is 20.1 Å². The van der Waals surface area contributed by atoms with Crippen molar-refractivity contribution in [1.29, 1.82) is 0 Å². The molecule has 1 N–H and O–H groups in total. The fourth-order valence-corrected chi connectivity index (χ4v) is 4.09. The second-order valence-corrected chi connectivity index (χ2v) is 8.00. The summed E-state index contributed by atoms with van der Waals surface area (Å²) in [5, 5.41) is 3.09. The van der Waals surface area contributed by atoms with E-state index < -0.39 is 0 Å². The second-order valence-electron chi connectivity index (χ2n) is 8.00. The van der Waals surface area contributed by atoms with Gasteiger partial charge >= 0.3 is 6.03 Å². The Morgan fingerprint density at radius 1 is 1.07 bits per heavy atom. The fraction of sp³-hybridized carbons (Fsp3) is 0.478. The Kier molecular flexibility index (Phi) is 6.81. The number of aromatic nitrogens is 1. The lowest BCUT2D eigenvalue weighted by atomic mass is 10.1. The van der Waals surface area contributed by atoms with E-state index >= 15 is 0 Å². The molecule has 2 aliphatic heterocycles. The lowest BCUT2D eigenvalue weighted by molar-refractivity contribution is 0.122. The number of morpholine rings is 1. The zero-order valence-corrected chi connectivity index (χ0v) is 17.7. The van der Waals surface area contributed by atoms with Crippen molar-refractivity contribution in [3.63, 3.8) is 0 Å². The third-order valence-electron chi connectivity index (χ3n) is 5.76. The average molecular weight is 410 g/mol. The second kappa shape index (κ2) is 9.91. The summed E-state index contributed by atoms with van der Waals surface area (Å²) in [6.07, 6.45) is 1.81. The minimum Gasteiger partial charge on any atom is -0.378 e. The van der Waals surface area contributed by atoms with Crippen molar-refractivity contribution < 1.29 is 9.53 Å². The van der Waals surface area contributed by atoms with Crippen LogP contribution in [0.1, 0.15) is 16.7 Å². The summed E-state index contributed by atoms with van der Waals surface area (Å²) in [7, 11) is 0. The van der Waals surface area contributed by atoms with Crippen LogP contribution in [0.4, 0.5) is 10.6 Å². The van der Waals surface area contributed by atoms with Gasteiger partial charge in [0.1, 0.15) is 5.82 Å². The summed E-state index contributed by atoms with van der Waals surface area (Å²) in [5.74, 6) is 0.948. The van der Waals surface area contributed by atoms with Gasteiger partial charge in [-0.15, -0.1) is 0 Å². The molecule has 30 heavy (non-hydrogen) atoms. The quantitative estimate of drug-likeness (QED) is 0.821. The number of piperazine rings is 1. The number of aryl methyl sites for hydroxylation is 1. The molecule has 160 valence electrons. The van der Waals surface area contributed by atoms with Crippen LogP contribution in [-0.2, 0) is 17.8 Å². The molecule has 0 bridgehead atoms. The standard InChI is InChI=1S/C23H31N5O2/c1-19-4-2-5-20(16-19)18-26-8-10-28(11-9-26)23(29)25-17-21-6-3-7-24-22(21)27-12-14-30-15-13-27/h2-7,16H,8-15,17-18H2,1H3,(H,25,29). The molecule has 7 heteroatoms. The van der Waals surface area contributed by atoms with Gasteiger partial charge in [-0.3, -0.25) is 4.90 Å². The summed E-state index contributed by atoms with van der Waals surface area (Å²) < 4.78 is 5.44. The Morgan fingerprint density at radius 3 is 2.63 bits per heavy atom. The van der Waals surface area contributed by atoms with Crippen LogP contribution in [0.15, 0.2) is 42.6 Å². The topological polar surface area (TPSA) is 60.9 Å². The van der Waals surface area contributed by atoms with Crippen molar-refractivity contribution in [3.05, 3.63) is 59.3 Å². The van der Waals surface area contributed by atoms with Crippen LogP contribution < -0.4 is 10.2 Å². The predicted molar refractivity (Wildman–Crippen MR) is 118 cm³/mol. The number of nitrogens with zero attached hydrogens (tertiary/aromatic N) is 4. The summed E-state index contributed by atoms with van der Waals surface area (Å²) in [6, 6.07) is 12.6. The summed E-state index contributed by atoms with van der Waals surface area (Å²) in [4.78, 5) is 23.8. The van der Waals surface area contributed by atoms with Gasteiger partial charge in [0.25, 0.3) is 0 Å². The number of carbonyl (C=O) groups is 1. The Labute approximate surface area is 178 Å². The zero-order chi connectivity index (χ0) is 20.8. The van der Waals surface area contributed by atoms with Crippen LogP contribution in [0.25, 0.3) is 0 Å². The molecule has 1 aromatic heterocycles. The summed E-state index contributed by atoms with van der Waals surface area (Å²) in [5.41, 5.74) is 3.67. The Morgan fingerprint density at radius 2 is 1.87 bits per heavy atom. The number of rotatable bonds is 5. The van der Waals surface area contributed by atoms with Gasteiger partial charge in [0.15, 0.2) is 0 Å². The van der Waals surface area contributed by atoms with Gasteiger partial charge in [0, 0.05) is 64.1 Å². The van der Waals surface area contributed by atoms with E-state index in [1.54, 1.807) is 0 Å². The van der Waals surface area contributed by atoms with E-state index in [0.717, 1.165) is 70.4 Å². The van der Waals surface area contributed by atoms with E-state index in [4.69, 9.17) is 4.74 Å². The first-order chi connectivity index (χ1) is 14.7. The molecule has 0 radical (unpaired) electrons. The van der Waals surface area contributed by atoms with Crippen LogP contribution in [0.3, 0.4) is 0 Å². The van der Waals surface area contributed by atoms with Crippen LogP contribution in [0.5, 0.6) is 0 Å². The maximum absolute atomic E-state index is 12.7. The van der Waals surface area contributed by atoms with Crippen LogP contribution in [-0.4, -0.2) is 73.3 Å². The summed E-state index contributed by atoms with van der Waals surface area (Å²) >= 11 is 0. The minimum atomic E-state index is 0.00184. The van der Waals surface area contributed by atoms with E-state index in [-0.39, 0.29) is 6.03 Å². The minimum absolute atomic E-state index is 0.00184. The Balaban J connectivity index is 1.26. The molecule has 7 nitrogen and oxygen atoms in total. The van der Waals surface area contributed by atoms with Gasteiger partial charge in [0.05, 0.1) is 13.2 Å². The maximum atomic E-state index is 12.7. The highest BCUT2D eigenvalue weighted by Gasteiger charge is 2.22. The molecule has 0 atom stereocenters. The van der Waals surface area contributed by atoms with Crippen molar-refractivity contribution in [2.75, 3.05) is 57.4 Å². The van der Waals surface area contributed by atoms with E-state index in [1.807, 2.05) is 23.2 Å². The molecule has 3 heterocycles. The molecule has 4 rings (SSSR count). The monoisotopic (exact) mass is 409 g/mol. The molecule has 2 amide bonds. The number of amides is 2. The number of ether oxygens (including phenoxy) is 1. The number of carbonyl (C=O) groups excluding carboxylic acids is 1. The number of nitrogens with one attached hydrogen (secondary N) is 1. The molecule has 2 aromatic rings. The Hall–Kier alpha value is -2.64. The lowest BCUT2D eigenvalue weighted by Crippen LogP contribution is -2.51. The van der Waals surface area contributed by atoms with Crippen molar-refractivity contribution in [2.24, 2.45) is 0 Å². The van der Waals surface area contributed by atoms with E-state index in [2.05, 4.69) is 51.3 Å². The summed E-state index contributed by atoms with van der Waals surface area (Å²) in [6.45, 7) is 9.95. The molecule has 2 saturated heterocycles. The van der Waals surface area contributed by atoms with Gasteiger partial charge < -0.3 is 19.9 Å². The normalized spacial score (nSPS) is 17.8. The maximum Gasteiger partial charge on any atom is 0.317 e. The molecule has 0 spiro atoms. The van der Waals surface area contributed by atoms with Gasteiger partial charge in [-0.05, 0) is 18.6 Å². The fourth-order valence-electron chi connectivity index (χ4n) is 4.09. The first-order valence-electron chi connectivity index (χ1n) is 10.8. The van der Waals surface area contributed by atoms with E-state index in [9.17, 15) is 4.79 Å². The van der Waals surface area contributed by atoms with Gasteiger partial charge in [-0.1, -0.05) is 35.9 Å². The molecule has 2 aliphatic rings. The predicted octanol–water partition coefficient (Wildman–Crippen LogP) is 2.25. The van der Waals surface area contributed by atoms with Crippen molar-refractivity contribution >= 4 is 11.8 Å². The SMILES string of the molecule is Cc1cccc(CN2CCN(C(=O)NCc3cccnc3N3CCOCC3)CC2)c1. The largest absolute Gasteiger partial charge is 0.378 e. The van der Waals surface area contributed by atoms with E-state index in [1.165, 1.54) is 11.1 Å². The van der Waals surface area contributed by atoms with Gasteiger partial charge in [0.2, 0.25) is 0 Å². The average Bonchev–Trinajstić information content (AvgIpc) is 2.79. The number of hydrogen-bond acceptors (Lipinski definition) is 5. The number of urea groups is 1. The number of hydrogen-bond donors (Lipinski definition) is 1. The highest BCUT2D eigenvalue weighted by molar-refractivity contribution is 5.74. The van der Waals surface area contributed by atoms with Crippen LogP contribution in [0.2, 0.25) is 0 Å². The number of anilines is 1. The van der Waals surface area contributed by atoms with Crippen LogP contribution in [0, 0.1) is 6.92 Å². The first-order valence-corrected chi connectivity index (χ1v) is 10.8. The molecule has 2 fully saturated rings. The van der Waals surface area contributed by atoms with Crippen molar-refractivity contribution in [3.8, 4) is 0 Å². The van der Waals surface area contributed by atoms with Crippen molar-refractivity contribution in [2.45, 2.75) is 20.0 Å². The molecule has 0 saturated carbocycles. The van der Waals surface area contributed by atoms with Gasteiger partial charge in [-0.25, -0.2) is 9.78 Å². The van der Waals surface area contributed by atoms with Gasteiger partial charge in [-0.2, -0.15) is 0 Å². The third kappa shape index (κ3) is 5.29. The lowest BCUT2D eigenvalue weighted by Gasteiger charge is -2.35. The number of pyridine rings is 1. The zero-order valence-electron chi connectivity index (χ0n) is 17.7.